The third-order valence-electron chi connectivity index (χ3n) is 4.53. The van der Waals surface area contributed by atoms with Crippen molar-refractivity contribution in [1.29, 1.82) is 0 Å². The Morgan fingerprint density at radius 3 is 2.24 bits per heavy atom. The Kier molecular flexibility index (Phi) is 9.63. The van der Waals surface area contributed by atoms with Crippen molar-refractivity contribution < 1.29 is 9.47 Å². The van der Waals surface area contributed by atoms with E-state index in [4.69, 9.17) is 9.47 Å². The summed E-state index contributed by atoms with van der Waals surface area (Å²) < 4.78 is 10.9. The van der Waals surface area contributed by atoms with Crippen LogP contribution in [0.1, 0.15) is 5.56 Å². The molecule has 0 amide bonds. The topological polar surface area (TPSA) is 58.1 Å². The van der Waals surface area contributed by atoms with Crippen LogP contribution in [0.15, 0.2) is 65.7 Å². The number of hydrogen-bond acceptors (Lipinski definition) is 4. The van der Waals surface area contributed by atoms with E-state index < -0.39 is 0 Å². The molecule has 2 N–H and O–H groups in total. The first-order valence-corrected chi connectivity index (χ1v) is 9.49. The number of nitrogens with zero attached hydrogens (tertiary/aromatic N) is 2. The Labute approximate surface area is 190 Å². The molecule has 0 saturated carbocycles. The molecule has 0 radical (unpaired) electrons. The van der Waals surface area contributed by atoms with Crippen molar-refractivity contribution in [3.8, 4) is 11.5 Å². The van der Waals surface area contributed by atoms with Gasteiger partial charge in [0.25, 0.3) is 0 Å². The van der Waals surface area contributed by atoms with Crippen LogP contribution in [0.2, 0.25) is 0 Å². The van der Waals surface area contributed by atoms with Crippen molar-refractivity contribution in [3.05, 3.63) is 66.2 Å². The van der Waals surface area contributed by atoms with Gasteiger partial charge in [-0.05, 0) is 42.0 Å². The van der Waals surface area contributed by atoms with Crippen molar-refractivity contribution in [1.82, 2.24) is 10.6 Å². The highest BCUT2D eigenvalue weighted by Crippen LogP contribution is 2.18. The summed E-state index contributed by atoms with van der Waals surface area (Å²) in [5.74, 6) is 2.39. The Hall–Kier alpha value is -2.42. The monoisotopic (exact) mass is 508 g/mol. The molecule has 0 fully saturated rings. The van der Waals surface area contributed by atoms with Gasteiger partial charge in [-0.1, -0.05) is 24.3 Å². The van der Waals surface area contributed by atoms with Gasteiger partial charge in [-0.25, -0.2) is 0 Å². The molecule has 29 heavy (non-hydrogen) atoms. The van der Waals surface area contributed by atoms with Gasteiger partial charge in [-0.2, -0.15) is 0 Å². The molecule has 0 spiro atoms. The molecule has 2 aromatic carbocycles. The molecule has 0 aliphatic carbocycles. The van der Waals surface area contributed by atoms with Gasteiger partial charge in [-0.15, -0.1) is 24.0 Å². The minimum atomic E-state index is 0. The predicted octanol–water partition coefficient (Wildman–Crippen LogP) is 3.43. The van der Waals surface area contributed by atoms with Gasteiger partial charge >= 0.3 is 0 Å². The van der Waals surface area contributed by atoms with E-state index in [0.29, 0.717) is 13.2 Å². The second-order valence-corrected chi connectivity index (χ2v) is 6.42. The molecule has 0 atom stereocenters. The maximum Gasteiger partial charge on any atom is 0.191 e. The van der Waals surface area contributed by atoms with E-state index in [2.05, 4.69) is 56.9 Å². The number of rotatable bonds is 8. The Morgan fingerprint density at radius 2 is 1.62 bits per heavy atom. The van der Waals surface area contributed by atoms with Gasteiger partial charge in [0, 0.05) is 32.4 Å². The molecule has 1 aliphatic rings. The lowest BCUT2D eigenvalue weighted by Crippen LogP contribution is -2.38. The normalized spacial score (nSPS) is 13.0. The molecule has 7 heteroatoms. The lowest BCUT2D eigenvalue weighted by Gasteiger charge is -2.18. The van der Waals surface area contributed by atoms with Crippen molar-refractivity contribution in [3.63, 3.8) is 0 Å². The summed E-state index contributed by atoms with van der Waals surface area (Å²) in [6.07, 6.45) is 4.40. The van der Waals surface area contributed by atoms with Crippen LogP contribution in [-0.4, -0.2) is 46.4 Å². The molecule has 1 aliphatic heterocycles. The van der Waals surface area contributed by atoms with Crippen LogP contribution in [0.4, 0.5) is 5.69 Å². The largest absolute Gasteiger partial charge is 0.497 e. The first kappa shape index (κ1) is 22.9. The number of ether oxygens (including phenoxy) is 2. The zero-order valence-electron chi connectivity index (χ0n) is 16.9. The average Bonchev–Trinajstić information content (AvgIpc) is 3.29. The fourth-order valence-electron chi connectivity index (χ4n) is 2.93. The third-order valence-corrected chi connectivity index (χ3v) is 4.53. The fraction of sp³-hybridized carbons (Fsp3) is 0.318. The second kappa shape index (κ2) is 12.2. The van der Waals surface area contributed by atoms with E-state index in [1.807, 2.05) is 24.3 Å². The average molecular weight is 508 g/mol. The zero-order valence-corrected chi connectivity index (χ0v) is 19.3. The summed E-state index contributed by atoms with van der Waals surface area (Å²) in [5.41, 5.74) is 2.47. The van der Waals surface area contributed by atoms with Crippen molar-refractivity contribution in [2.45, 2.75) is 6.54 Å². The van der Waals surface area contributed by atoms with E-state index in [0.717, 1.165) is 37.1 Å². The molecule has 0 unspecified atom stereocenters. The van der Waals surface area contributed by atoms with E-state index in [9.17, 15) is 0 Å². The molecule has 6 nitrogen and oxygen atoms in total. The van der Waals surface area contributed by atoms with Crippen molar-refractivity contribution in [2.24, 2.45) is 4.99 Å². The zero-order chi connectivity index (χ0) is 19.6. The summed E-state index contributed by atoms with van der Waals surface area (Å²) >= 11 is 0. The van der Waals surface area contributed by atoms with E-state index in [-0.39, 0.29) is 24.0 Å². The van der Waals surface area contributed by atoms with Crippen LogP contribution < -0.4 is 25.0 Å². The first-order valence-electron chi connectivity index (χ1n) is 9.49. The Balaban J connectivity index is 0.00000300. The van der Waals surface area contributed by atoms with Crippen LogP contribution in [0.3, 0.4) is 0 Å². The number of aliphatic imine (C=N–C) groups is 1. The summed E-state index contributed by atoms with van der Waals surface area (Å²) in [5, 5.41) is 6.59. The molecule has 3 rings (SSSR count). The molecule has 156 valence electrons. The highest BCUT2D eigenvalue weighted by Gasteiger charge is 2.07. The fourth-order valence-corrected chi connectivity index (χ4v) is 2.93. The van der Waals surface area contributed by atoms with Gasteiger partial charge in [0.2, 0.25) is 0 Å². The van der Waals surface area contributed by atoms with Gasteiger partial charge in [0.05, 0.1) is 13.7 Å². The summed E-state index contributed by atoms with van der Waals surface area (Å²) in [6.45, 7) is 3.91. The molecule has 0 aromatic heterocycles. The predicted molar refractivity (Wildman–Crippen MR) is 130 cm³/mol. The van der Waals surface area contributed by atoms with Crippen molar-refractivity contribution >= 4 is 35.6 Å². The summed E-state index contributed by atoms with van der Waals surface area (Å²) in [6, 6.07) is 16.2. The molecular formula is C22H29IN4O2. The first-order chi connectivity index (χ1) is 13.8. The van der Waals surface area contributed by atoms with E-state index in [1.54, 1.807) is 14.2 Å². The number of benzene rings is 2. The molecule has 0 bridgehead atoms. The minimum absolute atomic E-state index is 0. The maximum absolute atomic E-state index is 5.71. The van der Waals surface area contributed by atoms with Crippen LogP contribution >= 0.6 is 24.0 Å². The van der Waals surface area contributed by atoms with Crippen LogP contribution in [0.25, 0.3) is 0 Å². The van der Waals surface area contributed by atoms with Crippen LogP contribution in [0, 0.1) is 0 Å². The van der Waals surface area contributed by atoms with Gasteiger partial charge < -0.3 is 25.0 Å². The summed E-state index contributed by atoms with van der Waals surface area (Å²) in [4.78, 5) is 6.59. The number of anilines is 1. The minimum Gasteiger partial charge on any atom is -0.497 e. The summed E-state index contributed by atoms with van der Waals surface area (Å²) in [7, 11) is 3.42. The van der Waals surface area contributed by atoms with E-state index in [1.165, 1.54) is 11.3 Å². The van der Waals surface area contributed by atoms with Crippen molar-refractivity contribution in [2.75, 3.05) is 45.3 Å². The number of hydrogen-bond donors (Lipinski definition) is 2. The smallest absolute Gasteiger partial charge is 0.191 e. The number of methoxy groups -OCH3 is 1. The maximum atomic E-state index is 5.71. The number of guanidine groups is 1. The quantitative estimate of drug-likeness (QED) is 0.188. The lowest BCUT2D eigenvalue weighted by molar-refractivity contribution is 0.321. The van der Waals surface area contributed by atoms with Crippen LogP contribution in [-0.2, 0) is 6.54 Å². The van der Waals surface area contributed by atoms with E-state index >= 15 is 0 Å². The molecule has 2 aromatic rings. The van der Waals surface area contributed by atoms with Crippen LogP contribution in [0.5, 0.6) is 11.5 Å². The van der Waals surface area contributed by atoms with Gasteiger partial charge in [-0.3, -0.25) is 4.99 Å². The highest BCUT2D eigenvalue weighted by atomic mass is 127. The highest BCUT2D eigenvalue weighted by molar-refractivity contribution is 14.0. The molecule has 1 heterocycles. The standard InChI is InChI=1S/C22H28N4O2.HI/c1-23-22(24-13-16-28-21-11-9-20(27-2)10-12-21)25-17-18-5-7-19(8-6-18)26-14-3-4-15-26;/h3-12H,13-17H2,1-2H3,(H2,23,24,25);1H. The number of nitrogens with one attached hydrogen (secondary N) is 2. The van der Waals surface area contributed by atoms with Gasteiger partial charge in [0.1, 0.15) is 18.1 Å². The second-order valence-electron chi connectivity index (χ2n) is 6.42. The molecule has 0 saturated heterocycles. The Bertz CT molecular complexity index is 783. The molecular weight excluding hydrogens is 479 g/mol. The number of halogens is 1. The lowest BCUT2D eigenvalue weighted by atomic mass is 10.2. The van der Waals surface area contributed by atoms with Gasteiger partial charge in [0.15, 0.2) is 5.96 Å². The Morgan fingerprint density at radius 1 is 0.966 bits per heavy atom. The SMILES string of the molecule is CN=C(NCCOc1ccc(OC)cc1)NCc1ccc(N2CC=CC2)cc1.I. The third kappa shape index (κ3) is 7.16.